The lowest BCUT2D eigenvalue weighted by atomic mass is 10.2. The number of benzene rings is 1. The van der Waals surface area contributed by atoms with Crippen LogP contribution in [0, 0.1) is 0 Å². The Balaban J connectivity index is 2.15. The van der Waals surface area contributed by atoms with Crippen LogP contribution in [0.2, 0.25) is 5.02 Å². The van der Waals surface area contributed by atoms with E-state index in [2.05, 4.69) is 15.3 Å². The van der Waals surface area contributed by atoms with E-state index in [0.29, 0.717) is 18.5 Å². The second-order valence-corrected chi connectivity index (χ2v) is 5.38. The minimum absolute atomic E-state index is 0.387. The van der Waals surface area contributed by atoms with Crippen LogP contribution in [0.25, 0.3) is 0 Å². The van der Waals surface area contributed by atoms with E-state index in [0.717, 1.165) is 10.6 Å². The van der Waals surface area contributed by atoms with Crippen LogP contribution in [0.3, 0.4) is 0 Å². The van der Waals surface area contributed by atoms with E-state index in [9.17, 15) is 0 Å². The van der Waals surface area contributed by atoms with E-state index in [4.69, 9.17) is 17.3 Å². The Hall–Kier alpha value is -1.75. The van der Waals surface area contributed by atoms with Gasteiger partial charge in [-0.2, -0.15) is 0 Å². The van der Waals surface area contributed by atoms with E-state index < -0.39 is 5.66 Å². The van der Waals surface area contributed by atoms with Crippen molar-refractivity contribution >= 4 is 23.5 Å². The van der Waals surface area contributed by atoms with Crippen LogP contribution in [0.15, 0.2) is 34.3 Å². The summed E-state index contributed by atoms with van der Waals surface area (Å²) in [6, 6.07) is 7.62. The van der Waals surface area contributed by atoms with Crippen molar-refractivity contribution in [1.29, 1.82) is 0 Å². The van der Waals surface area contributed by atoms with Crippen LogP contribution in [0.4, 0.5) is 0 Å². The highest BCUT2D eigenvalue weighted by Crippen LogP contribution is 2.17. The molecule has 1 aromatic rings. The average Bonchev–Trinajstić information content (AvgIpc) is 2.33. The first-order chi connectivity index (χ1) is 8.88. The van der Waals surface area contributed by atoms with Crippen molar-refractivity contribution in [3.63, 3.8) is 0 Å². The summed E-state index contributed by atoms with van der Waals surface area (Å²) in [4.78, 5) is 10.8. The van der Waals surface area contributed by atoms with Crippen molar-refractivity contribution in [1.82, 2.24) is 10.2 Å². The Labute approximate surface area is 118 Å². The number of hydrogen-bond donors (Lipinski definition) is 2. The standard InChI is InChI=1S/C13H18ClN5/c1-13(2)18-11(15)17-12(19(13)3)16-8-9-4-6-10(14)7-5-9/h4-7H,8H2,1-3H3,(H3,15,16,17,18). The molecule has 0 aliphatic carbocycles. The highest BCUT2D eigenvalue weighted by Gasteiger charge is 2.30. The van der Waals surface area contributed by atoms with Gasteiger partial charge >= 0.3 is 0 Å². The molecule has 3 N–H and O–H groups in total. The van der Waals surface area contributed by atoms with E-state index in [-0.39, 0.29) is 0 Å². The number of guanidine groups is 2. The molecule has 1 aliphatic heterocycles. The van der Waals surface area contributed by atoms with Crippen molar-refractivity contribution < 1.29 is 0 Å². The van der Waals surface area contributed by atoms with Gasteiger partial charge < -0.3 is 10.6 Å². The zero-order chi connectivity index (χ0) is 14.0. The maximum atomic E-state index is 5.85. The molecule has 0 unspecified atom stereocenters. The number of nitrogens with one attached hydrogen (secondary N) is 1. The summed E-state index contributed by atoms with van der Waals surface area (Å²) >= 11 is 5.85. The number of aliphatic imine (C=N–C) groups is 2. The van der Waals surface area contributed by atoms with Gasteiger partial charge in [-0.3, -0.25) is 5.32 Å². The molecule has 102 valence electrons. The zero-order valence-corrected chi connectivity index (χ0v) is 12.1. The Bertz CT molecular complexity index is 518. The highest BCUT2D eigenvalue weighted by molar-refractivity contribution is 6.30. The molecule has 1 aromatic carbocycles. The monoisotopic (exact) mass is 279 g/mol. The molecule has 0 saturated heterocycles. The van der Waals surface area contributed by atoms with E-state index >= 15 is 0 Å². The molecule has 0 aromatic heterocycles. The highest BCUT2D eigenvalue weighted by atomic mass is 35.5. The van der Waals surface area contributed by atoms with Gasteiger partial charge in [0.15, 0.2) is 5.96 Å². The smallest absolute Gasteiger partial charge is 0.202 e. The second-order valence-electron chi connectivity index (χ2n) is 4.94. The molecule has 0 radical (unpaired) electrons. The van der Waals surface area contributed by atoms with Gasteiger partial charge in [0.2, 0.25) is 5.96 Å². The Morgan fingerprint density at radius 3 is 2.63 bits per heavy atom. The van der Waals surface area contributed by atoms with Crippen molar-refractivity contribution in [2.24, 2.45) is 15.7 Å². The summed E-state index contributed by atoms with van der Waals surface area (Å²) in [5, 5.41) is 3.70. The van der Waals surface area contributed by atoms with Crippen molar-refractivity contribution in [3.8, 4) is 0 Å². The molecule has 1 aliphatic rings. The fourth-order valence-corrected chi connectivity index (χ4v) is 1.88. The second kappa shape index (κ2) is 5.09. The summed E-state index contributed by atoms with van der Waals surface area (Å²) in [7, 11) is 1.93. The number of nitrogens with two attached hydrogens (primary N) is 1. The normalized spacial score (nSPS) is 20.1. The lowest BCUT2D eigenvalue weighted by Crippen LogP contribution is -2.58. The molecular formula is C13H18ClN5. The third kappa shape index (κ3) is 3.17. The van der Waals surface area contributed by atoms with Crippen molar-refractivity contribution in [3.05, 3.63) is 34.9 Å². The van der Waals surface area contributed by atoms with Gasteiger partial charge in [-0.1, -0.05) is 23.7 Å². The van der Waals surface area contributed by atoms with Gasteiger partial charge in [-0.15, -0.1) is 0 Å². The van der Waals surface area contributed by atoms with Gasteiger partial charge in [0.05, 0.1) is 6.54 Å². The van der Waals surface area contributed by atoms with Crippen molar-refractivity contribution in [2.75, 3.05) is 7.05 Å². The zero-order valence-electron chi connectivity index (χ0n) is 11.3. The lowest BCUT2D eigenvalue weighted by Gasteiger charge is -2.38. The van der Waals surface area contributed by atoms with Gasteiger partial charge in [0, 0.05) is 12.1 Å². The maximum absolute atomic E-state index is 5.85. The van der Waals surface area contributed by atoms with Gasteiger partial charge in [-0.05, 0) is 31.5 Å². The van der Waals surface area contributed by atoms with E-state index in [1.807, 2.05) is 50.1 Å². The molecule has 0 atom stereocenters. The molecule has 0 saturated carbocycles. The SMILES string of the molecule is CN1C(=NCc2ccc(Cl)cc2)NC(N)=NC1(C)C. The van der Waals surface area contributed by atoms with E-state index in [1.165, 1.54) is 0 Å². The fraction of sp³-hybridized carbons (Fsp3) is 0.385. The van der Waals surface area contributed by atoms with Gasteiger partial charge in [0.1, 0.15) is 5.66 Å². The molecule has 0 fully saturated rings. The molecule has 0 amide bonds. The fourth-order valence-electron chi connectivity index (χ4n) is 1.76. The quantitative estimate of drug-likeness (QED) is 0.867. The largest absolute Gasteiger partial charge is 0.370 e. The Morgan fingerprint density at radius 1 is 1.37 bits per heavy atom. The molecular weight excluding hydrogens is 262 g/mol. The minimum Gasteiger partial charge on any atom is -0.370 e. The number of halogens is 1. The first-order valence-corrected chi connectivity index (χ1v) is 6.41. The predicted molar refractivity (Wildman–Crippen MR) is 79.2 cm³/mol. The first kappa shape index (κ1) is 13.7. The summed E-state index contributed by atoms with van der Waals surface area (Å²) in [6.45, 7) is 4.53. The van der Waals surface area contributed by atoms with Crippen LogP contribution >= 0.6 is 11.6 Å². The Kier molecular flexibility index (Phi) is 3.66. The van der Waals surface area contributed by atoms with Crippen LogP contribution in [0.5, 0.6) is 0 Å². The summed E-state index contributed by atoms with van der Waals surface area (Å²) in [5.41, 5.74) is 6.46. The molecule has 2 rings (SSSR count). The van der Waals surface area contributed by atoms with Gasteiger partial charge in [-0.25, -0.2) is 9.98 Å². The molecule has 1 heterocycles. The molecule has 19 heavy (non-hydrogen) atoms. The number of nitrogens with zero attached hydrogens (tertiary/aromatic N) is 3. The van der Waals surface area contributed by atoms with Gasteiger partial charge in [0.25, 0.3) is 0 Å². The van der Waals surface area contributed by atoms with Crippen molar-refractivity contribution in [2.45, 2.75) is 26.1 Å². The number of rotatable bonds is 2. The summed E-state index contributed by atoms with van der Waals surface area (Å²) in [6.07, 6.45) is 0. The summed E-state index contributed by atoms with van der Waals surface area (Å²) in [5.74, 6) is 1.10. The summed E-state index contributed by atoms with van der Waals surface area (Å²) < 4.78 is 0. The molecule has 0 spiro atoms. The van der Waals surface area contributed by atoms with Crippen LogP contribution in [-0.2, 0) is 6.54 Å². The minimum atomic E-state index is -0.395. The molecule has 0 bridgehead atoms. The van der Waals surface area contributed by atoms with Crippen LogP contribution in [-0.4, -0.2) is 29.5 Å². The lowest BCUT2D eigenvalue weighted by molar-refractivity contribution is 0.252. The maximum Gasteiger partial charge on any atom is 0.202 e. The predicted octanol–water partition coefficient (Wildman–Crippen LogP) is 1.78. The molecule has 5 nitrogen and oxygen atoms in total. The topological polar surface area (TPSA) is 66.0 Å². The number of hydrogen-bond acceptors (Lipinski definition) is 3. The third-order valence-electron chi connectivity index (χ3n) is 3.10. The first-order valence-electron chi connectivity index (χ1n) is 6.03. The van der Waals surface area contributed by atoms with E-state index in [1.54, 1.807) is 0 Å². The average molecular weight is 280 g/mol. The van der Waals surface area contributed by atoms with Crippen LogP contribution < -0.4 is 11.1 Å². The Morgan fingerprint density at radius 2 is 2.00 bits per heavy atom. The molecule has 6 heteroatoms. The van der Waals surface area contributed by atoms with Crippen LogP contribution in [0.1, 0.15) is 19.4 Å². The third-order valence-corrected chi connectivity index (χ3v) is 3.35.